The molecule has 0 N–H and O–H groups in total. The van der Waals surface area contributed by atoms with E-state index in [2.05, 4.69) is 36.6 Å². The zero-order chi connectivity index (χ0) is 23.3. The number of hydrogen-bond donors (Lipinski definition) is 0. The normalized spacial score (nSPS) is 19.4. The van der Waals surface area contributed by atoms with Gasteiger partial charge in [0.1, 0.15) is 17.3 Å². The molecule has 4 aromatic rings. The van der Waals surface area contributed by atoms with Crippen LogP contribution in [0.5, 0.6) is 0 Å². The maximum atomic E-state index is 13.2. The van der Waals surface area contributed by atoms with E-state index in [0.717, 1.165) is 36.9 Å². The Balaban J connectivity index is 1.50. The number of aryl methyl sites for hydroxylation is 2. The Bertz CT molecular complexity index is 1290. The second-order valence-electron chi connectivity index (χ2n) is 8.59. The molecule has 0 unspecified atom stereocenters. The van der Waals surface area contributed by atoms with Crippen LogP contribution in [-0.2, 0) is 6.18 Å². The average Bonchev–Trinajstić information content (AvgIpc) is 3.35. The van der Waals surface area contributed by atoms with Crippen LogP contribution >= 0.6 is 0 Å². The van der Waals surface area contributed by atoms with E-state index in [0.29, 0.717) is 35.4 Å². The fraction of sp³-hybridized carbons (Fsp3) is 0.409. The van der Waals surface area contributed by atoms with Gasteiger partial charge in [0.25, 0.3) is 0 Å². The highest BCUT2D eigenvalue weighted by Crippen LogP contribution is 2.32. The second-order valence-corrected chi connectivity index (χ2v) is 8.59. The van der Waals surface area contributed by atoms with E-state index in [9.17, 15) is 13.2 Å². The lowest BCUT2D eigenvalue weighted by atomic mass is 9.95. The maximum Gasteiger partial charge on any atom is 0.417 e. The van der Waals surface area contributed by atoms with Crippen molar-refractivity contribution in [2.45, 2.75) is 39.4 Å². The lowest BCUT2D eigenvalue weighted by Gasteiger charge is -2.37. The van der Waals surface area contributed by atoms with Gasteiger partial charge in [-0.2, -0.15) is 13.2 Å². The van der Waals surface area contributed by atoms with Gasteiger partial charge in [0, 0.05) is 25.5 Å². The van der Waals surface area contributed by atoms with Crippen molar-refractivity contribution in [3.8, 4) is 11.4 Å². The molecule has 2 atom stereocenters. The Labute approximate surface area is 188 Å². The largest absolute Gasteiger partial charge is 0.417 e. The molecule has 0 amide bonds. The number of piperidine rings is 1. The van der Waals surface area contributed by atoms with Gasteiger partial charge >= 0.3 is 6.18 Å². The number of hydrogen-bond acceptors (Lipinski definition) is 6. The van der Waals surface area contributed by atoms with Gasteiger partial charge in [-0.15, -0.1) is 10.2 Å². The third-order valence-corrected chi connectivity index (χ3v) is 6.06. The van der Waals surface area contributed by atoms with E-state index in [4.69, 9.17) is 4.98 Å². The number of aromatic nitrogens is 7. The Morgan fingerprint density at radius 2 is 1.76 bits per heavy atom. The molecular weight excluding hydrogens is 433 g/mol. The van der Waals surface area contributed by atoms with Crippen molar-refractivity contribution in [2.24, 2.45) is 5.92 Å². The summed E-state index contributed by atoms with van der Waals surface area (Å²) in [6.07, 6.45) is 0.769. The number of pyridine rings is 1. The summed E-state index contributed by atoms with van der Waals surface area (Å²) < 4.78 is 43.3. The van der Waals surface area contributed by atoms with Crippen molar-refractivity contribution < 1.29 is 13.2 Å². The van der Waals surface area contributed by atoms with E-state index >= 15 is 0 Å². The number of imidazole rings is 1. The molecule has 0 saturated carbocycles. The van der Waals surface area contributed by atoms with Gasteiger partial charge in [-0.3, -0.25) is 4.40 Å². The van der Waals surface area contributed by atoms with Crippen LogP contribution in [0, 0.1) is 19.8 Å². The molecule has 1 fully saturated rings. The van der Waals surface area contributed by atoms with Crippen molar-refractivity contribution in [2.75, 3.05) is 18.0 Å². The third kappa shape index (κ3) is 3.91. The van der Waals surface area contributed by atoms with Crippen LogP contribution in [0.15, 0.2) is 36.8 Å². The first-order chi connectivity index (χ1) is 15.7. The van der Waals surface area contributed by atoms with E-state index in [-0.39, 0.29) is 6.04 Å². The van der Waals surface area contributed by atoms with Gasteiger partial charge in [0.2, 0.25) is 5.95 Å². The fourth-order valence-corrected chi connectivity index (χ4v) is 4.65. The molecular formula is C22H23F3N8. The van der Waals surface area contributed by atoms with Crippen LogP contribution in [0.3, 0.4) is 0 Å². The average molecular weight is 456 g/mol. The number of fused-ring (bicyclic) bond motifs is 1. The molecule has 0 bridgehead atoms. The summed E-state index contributed by atoms with van der Waals surface area (Å²) >= 11 is 0. The summed E-state index contributed by atoms with van der Waals surface area (Å²) in [5.74, 6) is 2.66. The van der Waals surface area contributed by atoms with Crippen LogP contribution < -0.4 is 4.90 Å². The van der Waals surface area contributed by atoms with Crippen molar-refractivity contribution in [3.05, 3.63) is 54.0 Å². The van der Waals surface area contributed by atoms with Crippen LogP contribution in [-0.4, -0.2) is 47.2 Å². The number of rotatable bonds is 3. The summed E-state index contributed by atoms with van der Waals surface area (Å²) in [5.41, 5.74) is 0.671. The zero-order valence-electron chi connectivity index (χ0n) is 18.5. The standard InChI is InChI=1S/C22H23F3N8/c1-13-8-17(33-14(2)29-30-15(33)3)12-31(10-13)21-26-7-6-18(28-21)19-9-27-20-5-4-16(11-32(19)20)22(23,24)25/h4-7,9,11,13,17H,8,10,12H2,1-3H3/t13-,17+/m1/s1. The van der Waals surface area contributed by atoms with E-state index in [1.807, 2.05) is 13.8 Å². The van der Waals surface area contributed by atoms with Gasteiger partial charge in [-0.05, 0) is 44.4 Å². The Kier molecular flexibility index (Phi) is 5.06. The Morgan fingerprint density at radius 1 is 1.00 bits per heavy atom. The molecule has 5 heterocycles. The molecule has 0 radical (unpaired) electrons. The molecule has 4 aromatic heterocycles. The summed E-state index contributed by atoms with van der Waals surface area (Å²) in [5, 5.41) is 8.38. The number of anilines is 1. The number of alkyl halides is 3. The molecule has 8 nitrogen and oxygen atoms in total. The molecule has 11 heteroatoms. The van der Waals surface area contributed by atoms with E-state index in [1.54, 1.807) is 12.3 Å². The smallest absolute Gasteiger partial charge is 0.338 e. The first kappa shape index (κ1) is 21.4. The Morgan fingerprint density at radius 3 is 2.48 bits per heavy atom. The van der Waals surface area contributed by atoms with Gasteiger partial charge in [0.05, 0.1) is 29.2 Å². The van der Waals surface area contributed by atoms with Crippen LogP contribution in [0.2, 0.25) is 0 Å². The third-order valence-electron chi connectivity index (χ3n) is 6.06. The molecule has 5 rings (SSSR count). The van der Waals surface area contributed by atoms with Gasteiger partial charge in [-0.1, -0.05) is 6.92 Å². The quantitative estimate of drug-likeness (QED) is 0.462. The minimum atomic E-state index is -4.44. The van der Waals surface area contributed by atoms with Crippen molar-refractivity contribution in [1.29, 1.82) is 0 Å². The van der Waals surface area contributed by atoms with Crippen molar-refractivity contribution in [3.63, 3.8) is 0 Å². The number of halogens is 3. The second kappa shape index (κ2) is 7.82. The molecule has 0 spiro atoms. The van der Waals surface area contributed by atoms with Crippen molar-refractivity contribution in [1.82, 2.24) is 34.1 Å². The van der Waals surface area contributed by atoms with E-state index in [1.165, 1.54) is 16.7 Å². The predicted octanol–water partition coefficient (Wildman–Crippen LogP) is 4.11. The summed E-state index contributed by atoms with van der Waals surface area (Å²) in [6.45, 7) is 7.55. The first-order valence-electron chi connectivity index (χ1n) is 10.7. The molecule has 1 aliphatic heterocycles. The minimum absolute atomic E-state index is 0.182. The lowest BCUT2D eigenvalue weighted by Crippen LogP contribution is -2.42. The molecule has 33 heavy (non-hydrogen) atoms. The fourth-order valence-electron chi connectivity index (χ4n) is 4.65. The lowest BCUT2D eigenvalue weighted by molar-refractivity contribution is -0.137. The predicted molar refractivity (Wildman–Crippen MR) is 116 cm³/mol. The molecule has 0 aliphatic carbocycles. The Hall–Kier alpha value is -3.50. The summed E-state index contributed by atoms with van der Waals surface area (Å²) in [7, 11) is 0. The molecule has 0 aromatic carbocycles. The molecule has 172 valence electrons. The van der Waals surface area contributed by atoms with Crippen LogP contribution in [0.25, 0.3) is 17.0 Å². The zero-order valence-corrected chi connectivity index (χ0v) is 18.5. The maximum absolute atomic E-state index is 13.2. The van der Waals surface area contributed by atoms with Crippen molar-refractivity contribution >= 4 is 11.6 Å². The topological polar surface area (TPSA) is 77.0 Å². The van der Waals surface area contributed by atoms with Crippen LogP contribution in [0.1, 0.15) is 36.6 Å². The SMILES string of the molecule is Cc1nnc(C)n1[C@H]1C[C@@H](C)CN(c2nccc(-c3cnc4ccc(C(F)(F)F)cn34)n2)C1. The van der Waals surface area contributed by atoms with Gasteiger partial charge < -0.3 is 9.47 Å². The highest BCUT2D eigenvalue weighted by Gasteiger charge is 2.32. The minimum Gasteiger partial charge on any atom is -0.338 e. The van der Waals surface area contributed by atoms with Gasteiger partial charge in [0.15, 0.2) is 0 Å². The molecule has 1 saturated heterocycles. The monoisotopic (exact) mass is 456 g/mol. The summed E-state index contributed by atoms with van der Waals surface area (Å²) in [4.78, 5) is 15.5. The highest BCUT2D eigenvalue weighted by molar-refractivity contribution is 5.61. The van der Waals surface area contributed by atoms with Crippen LogP contribution in [0.4, 0.5) is 19.1 Å². The van der Waals surface area contributed by atoms with E-state index < -0.39 is 11.7 Å². The highest BCUT2D eigenvalue weighted by atomic mass is 19.4. The van der Waals surface area contributed by atoms with Gasteiger partial charge in [-0.25, -0.2) is 15.0 Å². The number of nitrogens with zero attached hydrogens (tertiary/aromatic N) is 8. The summed E-state index contributed by atoms with van der Waals surface area (Å²) in [6, 6.07) is 4.25. The first-order valence-corrected chi connectivity index (χ1v) is 10.7. The molecule has 1 aliphatic rings.